The summed E-state index contributed by atoms with van der Waals surface area (Å²) < 4.78 is 13.5. The molecular weight excluding hydrogens is 351 g/mol. The van der Waals surface area contributed by atoms with Crippen LogP contribution in [-0.2, 0) is 11.2 Å². The van der Waals surface area contributed by atoms with Crippen LogP contribution in [0.25, 0.3) is 0 Å². The third-order valence-electron chi connectivity index (χ3n) is 7.09. The summed E-state index contributed by atoms with van der Waals surface area (Å²) in [6.07, 6.45) is 4.04. The van der Waals surface area contributed by atoms with Crippen molar-refractivity contribution in [3.8, 4) is 0 Å². The van der Waals surface area contributed by atoms with E-state index in [0.29, 0.717) is 17.8 Å². The average molecular weight is 378 g/mol. The van der Waals surface area contributed by atoms with Crippen LogP contribution in [0.3, 0.4) is 0 Å². The van der Waals surface area contributed by atoms with Gasteiger partial charge in [0.25, 0.3) is 0 Å². The van der Waals surface area contributed by atoms with Crippen molar-refractivity contribution in [3.63, 3.8) is 0 Å². The molecule has 3 aliphatic rings. The normalized spacial score (nSPS) is 25.7. The molecule has 4 heteroatoms. The highest BCUT2D eigenvalue weighted by Gasteiger charge is 2.54. The van der Waals surface area contributed by atoms with E-state index in [1.807, 2.05) is 23.1 Å². The second-order valence-electron chi connectivity index (χ2n) is 8.95. The van der Waals surface area contributed by atoms with Crippen molar-refractivity contribution in [2.45, 2.75) is 31.7 Å². The Morgan fingerprint density at radius 3 is 2.64 bits per heavy atom. The first kappa shape index (κ1) is 17.9. The highest BCUT2D eigenvalue weighted by atomic mass is 19.1. The molecule has 0 radical (unpaired) electrons. The maximum absolute atomic E-state index is 13.5. The number of carbonyl (C=O) groups excluding carboxylic acids is 1. The summed E-state index contributed by atoms with van der Waals surface area (Å²) in [6, 6.07) is 14.9. The summed E-state index contributed by atoms with van der Waals surface area (Å²) in [5, 5.41) is 0. The first-order valence-electron chi connectivity index (χ1n) is 10.4. The number of carbonyl (C=O) groups is 1. The van der Waals surface area contributed by atoms with Gasteiger partial charge >= 0.3 is 0 Å². The van der Waals surface area contributed by atoms with E-state index in [9.17, 15) is 9.18 Å². The lowest BCUT2D eigenvalue weighted by molar-refractivity contribution is -0.134. The number of nitrogens with zero attached hydrogens (tertiary/aromatic N) is 2. The minimum Gasteiger partial charge on any atom is -0.331 e. The second-order valence-corrected chi connectivity index (χ2v) is 8.95. The van der Waals surface area contributed by atoms with Crippen LogP contribution in [0.4, 0.5) is 4.39 Å². The third-order valence-corrected chi connectivity index (χ3v) is 7.09. The Hall–Kier alpha value is -2.20. The summed E-state index contributed by atoms with van der Waals surface area (Å²) in [6.45, 7) is 2.89. The van der Waals surface area contributed by atoms with E-state index in [1.165, 1.54) is 36.1 Å². The molecule has 28 heavy (non-hydrogen) atoms. The molecule has 5 rings (SSSR count). The Balaban J connectivity index is 1.45. The van der Waals surface area contributed by atoms with Crippen molar-refractivity contribution in [1.29, 1.82) is 0 Å². The molecule has 0 aromatic heterocycles. The van der Waals surface area contributed by atoms with Crippen LogP contribution in [0.15, 0.2) is 48.5 Å². The number of hydrogen-bond donors (Lipinski definition) is 0. The van der Waals surface area contributed by atoms with Crippen LogP contribution in [-0.4, -0.2) is 42.4 Å². The van der Waals surface area contributed by atoms with E-state index < -0.39 is 0 Å². The number of halogens is 1. The lowest BCUT2D eigenvalue weighted by Gasteiger charge is -2.38. The maximum Gasteiger partial charge on any atom is 0.223 e. The number of rotatable bonds is 3. The Bertz CT molecular complexity index is 890. The Morgan fingerprint density at radius 1 is 1.14 bits per heavy atom. The number of fused-ring (bicyclic) bond motifs is 1. The summed E-state index contributed by atoms with van der Waals surface area (Å²) in [5.41, 5.74) is 3.86. The fourth-order valence-corrected chi connectivity index (χ4v) is 5.48. The van der Waals surface area contributed by atoms with Gasteiger partial charge < -0.3 is 9.80 Å². The van der Waals surface area contributed by atoms with E-state index in [1.54, 1.807) is 0 Å². The van der Waals surface area contributed by atoms with Gasteiger partial charge in [0, 0.05) is 26.1 Å². The predicted octanol–water partition coefficient (Wildman–Crippen LogP) is 4.03. The van der Waals surface area contributed by atoms with Crippen molar-refractivity contribution in [2.75, 3.05) is 26.7 Å². The quantitative estimate of drug-likeness (QED) is 0.805. The molecule has 2 aromatic carbocycles. The van der Waals surface area contributed by atoms with Gasteiger partial charge in [-0.1, -0.05) is 36.4 Å². The molecule has 2 aromatic rings. The SMILES string of the molecule is CN1C[C@H](CC(=O)N2CCc3ccccc3[C@@H]2c2ccc(F)cc2)C2(CC2)C1. The smallest absolute Gasteiger partial charge is 0.223 e. The molecule has 2 heterocycles. The summed E-state index contributed by atoms with van der Waals surface area (Å²) in [5.74, 6) is 0.474. The molecule has 0 bridgehead atoms. The first-order valence-corrected chi connectivity index (χ1v) is 10.4. The van der Waals surface area contributed by atoms with Crippen LogP contribution in [0.2, 0.25) is 0 Å². The molecule has 1 spiro atoms. The summed E-state index contributed by atoms with van der Waals surface area (Å²) in [4.78, 5) is 17.9. The average Bonchev–Trinajstić information content (AvgIpc) is 3.40. The van der Waals surface area contributed by atoms with Crippen molar-refractivity contribution in [2.24, 2.45) is 11.3 Å². The predicted molar refractivity (Wildman–Crippen MR) is 107 cm³/mol. The van der Waals surface area contributed by atoms with Gasteiger partial charge in [-0.3, -0.25) is 4.79 Å². The molecule has 1 saturated heterocycles. The van der Waals surface area contributed by atoms with E-state index in [4.69, 9.17) is 0 Å². The minimum absolute atomic E-state index is 0.118. The topological polar surface area (TPSA) is 23.6 Å². The van der Waals surface area contributed by atoms with Gasteiger partial charge in [0.2, 0.25) is 5.91 Å². The molecular formula is C24H27FN2O. The number of hydrogen-bond acceptors (Lipinski definition) is 2. The molecule has 1 saturated carbocycles. The van der Waals surface area contributed by atoms with Crippen LogP contribution < -0.4 is 0 Å². The van der Waals surface area contributed by atoms with Crippen LogP contribution in [0.1, 0.15) is 42.0 Å². The van der Waals surface area contributed by atoms with Gasteiger partial charge in [-0.05, 0) is 66.5 Å². The monoisotopic (exact) mass is 378 g/mol. The lowest BCUT2D eigenvalue weighted by Crippen LogP contribution is -2.41. The van der Waals surface area contributed by atoms with Gasteiger partial charge in [0.15, 0.2) is 0 Å². The Labute approximate surface area is 166 Å². The van der Waals surface area contributed by atoms with E-state index in [2.05, 4.69) is 30.1 Å². The summed E-state index contributed by atoms with van der Waals surface area (Å²) in [7, 11) is 2.17. The largest absolute Gasteiger partial charge is 0.331 e. The van der Waals surface area contributed by atoms with Gasteiger partial charge in [-0.15, -0.1) is 0 Å². The van der Waals surface area contributed by atoms with Gasteiger partial charge in [-0.25, -0.2) is 4.39 Å². The molecule has 3 nitrogen and oxygen atoms in total. The van der Waals surface area contributed by atoms with Gasteiger partial charge in [0.05, 0.1) is 6.04 Å². The van der Waals surface area contributed by atoms with Crippen molar-refractivity contribution in [3.05, 3.63) is 71.0 Å². The van der Waals surface area contributed by atoms with Crippen LogP contribution in [0, 0.1) is 17.2 Å². The van der Waals surface area contributed by atoms with E-state index in [-0.39, 0.29) is 17.8 Å². The fourth-order valence-electron chi connectivity index (χ4n) is 5.48. The molecule has 2 fully saturated rings. The minimum atomic E-state index is -0.240. The number of likely N-dealkylation sites (tertiary alicyclic amines) is 1. The second kappa shape index (κ2) is 6.70. The molecule has 0 N–H and O–H groups in total. The molecule has 0 unspecified atom stereocenters. The highest BCUT2D eigenvalue weighted by Crippen LogP contribution is 2.57. The van der Waals surface area contributed by atoms with Gasteiger partial charge in [-0.2, -0.15) is 0 Å². The zero-order valence-electron chi connectivity index (χ0n) is 16.4. The first-order chi connectivity index (χ1) is 13.6. The third kappa shape index (κ3) is 3.04. The zero-order chi connectivity index (χ0) is 19.3. The number of benzene rings is 2. The molecule has 146 valence electrons. The van der Waals surface area contributed by atoms with Crippen molar-refractivity contribution < 1.29 is 9.18 Å². The van der Waals surface area contributed by atoms with Crippen LogP contribution >= 0.6 is 0 Å². The van der Waals surface area contributed by atoms with Crippen molar-refractivity contribution in [1.82, 2.24) is 9.80 Å². The molecule has 2 atom stereocenters. The lowest BCUT2D eigenvalue weighted by atomic mass is 9.86. The summed E-state index contributed by atoms with van der Waals surface area (Å²) >= 11 is 0. The fraction of sp³-hybridized carbons (Fsp3) is 0.458. The van der Waals surface area contributed by atoms with E-state index in [0.717, 1.165) is 31.6 Å². The van der Waals surface area contributed by atoms with Gasteiger partial charge in [0.1, 0.15) is 5.82 Å². The maximum atomic E-state index is 13.5. The highest BCUT2D eigenvalue weighted by molar-refractivity contribution is 5.78. The van der Waals surface area contributed by atoms with Crippen LogP contribution in [0.5, 0.6) is 0 Å². The molecule has 1 aliphatic carbocycles. The Morgan fingerprint density at radius 2 is 1.89 bits per heavy atom. The Kier molecular flexibility index (Phi) is 4.27. The number of amides is 1. The molecule has 1 amide bonds. The van der Waals surface area contributed by atoms with Crippen molar-refractivity contribution >= 4 is 5.91 Å². The standard InChI is InChI=1S/C24H27FN2O/c1-26-15-19(24(16-26)11-12-24)14-22(28)27-13-10-17-4-2-3-5-21(17)23(27)18-6-8-20(25)9-7-18/h2-9,19,23H,10-16H2,1H3/t19-,23-/m0/s1. The van der Waals surface area contributed by atoms with E-state index >= 15 is 0 Å². The molecule has 2 aliphatic heterocycles. The zero-order valence-corrected chi connectivity index (χ0v) is 16.4.